The first-order valence-electron chi connectivity index (χ1n) is 9.13. The van der Waals surface area contributed by atoms with Crippen LogP contribution in [0, 0.1) is 0 Å². The normalized spacial score (nSPS) is 15.5. The highest BCUT2D eigenvalue weighted by atomic mass is 79.9. The molecule has 7 heteroatoms. The van der Waals surface area contributed by atoms with E-state index < -0.39 is 0 Å². The minimum absolute atomic E-state index is 0.0869. The molecule has 0 fully saturated rings. The molecule has 0 saturated carbocycles. The summed E-state index contributed by atoms with van der Waals surface area (Å²) in [6.45, 7) is 0.127. The second-order valence-electron chi connectivity index (χ2n) is 6.55. The highest BCUT2D eigenvalue weighted by molar-refractivity contribution is 9.10. The molecule has 1 aliphatic rings. The number of hydrogen-bond acceptors (Lipinski definition) is 5. The van der Waals surface area contributed by atoms with Gasteiger partial charge in [-0.2, -0.15) is 10.1 Å². The summed E-state index contributed by atoms with van der Waals surface area (Å²) in [7, 11) is 1.66. The predicted molar refractivity (Wildman–Crippen MR) is 112 cm³/mol. The number of rotatable bonds is 6. The first kappa shape index (κ1) is 18.7. The van der Waals surface area contributed by atoms with Gasteiger partial charge in [-0.15, -0.1) is 0 Å². The third-order valence-corrected chi connectivity index (χ3v) is 5.21. The molecule has 2 heterocycles. The van der Waals surface area contributed by atoms with Crippen molar-refractivity contribution in [3.8, 4) is 5.75 Å². The van der Waals surface area contributed by atoms with E-state index in [9.17, 15) is 0 Å². The number of ether oxygens (including phenoxy) is 1. The molecule has 6 nitrogen and oxygen atoms in total. The van der Waals surface area contributed by atoms with E-state index in [1.54, 1.807) is 7.11 Å². The summed E-state index contributed by atoms with van der Waals surface area (Å²) in [5, 5.41) is 17.2. The lowest BCUT2D eigenvalue weighted by atomic mass is 10.0. The number of aryl methyl sites for hydroxylation is 1. The zero-order valence-electron chi connectivity index (χ0n) is 15.5. The number of hydrogen-bond donors (Lipinski definition) is 2. The number of benzene rings is 2. The van der Waals surface area contributed by atoms with Crippen molar-refractivity contribution in [2.75, 3.05) is 19.0 Å². The molecule has 0 spiro atoms. The van der Waals surface area contributed by atoms with Crippen molar-refractivity contribution in [3.05, 3.63) is 76.0 Å². The van der Waals surface area contributed by atoms with Crippen molar-refractivity contribution >= 4 is 27.6 Å². The summed E-state index contributed by atoms with van der Waals surface area (Å²) in [4.78, 5) is 4.65. The van der Waals surface area contributed by atoms with Crippen LogP contribution in [0.1, 0.15) is 29.4 Å². The number of halogens is 1. The molecule has 1 aliphatic heterocycles. The first-order valence-corrected chi connectivity index (χ1v) is 9.92. The Labute approximate surface area is 172 Å². The molecule has 0 bridgehead atoms. The van der Waals surface area contributed by atoms with Gasteiger partial charge in [-0.1, -0.05) is 40.2 Å². The third kappa shape index (κ3) is 3.81. The van der Waals surface area contributed by atoms with E-state index in [2.05, 4.69) is 49.5 Å². The van der Waals surface area contributed by atoms with Crippen LogP contribution in [0.5, 0.6) is 5.75 Å². The molecule has 0 amide bonds. The molecule has 0 radical (unpaired) electrons. The zero-order valence-corrected chi connectivity index (χ0v) is 17.1. The molecule has 0 aliphatic carbocycles. The maximum Gasteiger partial charge on any atom is 0.226 e. The van der Waals surface area contributed by atoms with Crippen LogP contribution < -0.4 is 10.1 Å². The first-order chi connectivity index (χ1) is 13.7. The second kappa shape index (κ2) is 8.16. The Hall–Kier alpha value is -2.64. The van der Waals surface area contributed by atoms with Crippen LogP contribution in [-0.2, 0) is 6.42 Å². The molecular weight excluding hydrogens is 420 g/mol. The number of aliphatic hydroxyl groups is 1. The Morgan fingerprint density at radius 2 is 1.89 bits per heavy atom. The van der Waals surface area contributed by atoms with Gasteiger partial charge in [-0.05, 0) is 47.9 Å². The minimum Gasteiger partial charge on any atom is -0.497 e. The van der Waals surface area contributed by atoms with Crippen molar-refractivity contribution < 1.29 is 9.84 Å². The molecule has 28 heavy (non-hydrogen) atoms. The van der Waals surface area contributed by atoms with Crippen LogP contribution in [0.4, 0.5) is 5.95 Å². The van der Waals surface area contributed by atoms with Gasteiger partial charge in [0.15, 0.2) is 5.82 Å². The van der Waals surface area contributed by atoms with E-state index in [-0.39, 0.29) is 12.6 Å². The van der Waals surface area contributed by atoms with Crippen molar-refractivity contribution in [1.29, 1.82) is 0 Å². The number of fused-ring (bicyclic) bond motifs is 1. The number of methoxy groups -OCH3 is 1. The lowest BCUT2D eigenvalue weighted by Gasteiger charge is -2.24. The van der Waals surface area contributed by atoms with Gasteiger partial charge in [0, 0.05) is 23.2 Å². The molecule has 1 atom stereocenters. The van der Waals surface area contributed by atoms with Crippen LogP contribution >= 0.6 is 15.9 Å². The quantitative estimate of drug-likeness (QED) is 0.605. The fourth-order valence-corrected chi connectivity index (χ4v) is 3.48. The van der Waals surface area contributed by atoms with Crippen molar-refractivity contribution in [1.82, 2.24) is 14.8 Å². The Kier molecular flexibility index (Phi) is 5.45. The van der Waals surface area contributed by atoms with Gasteiger partial charge in [-0.25, -0.2) is 4.68 Å². The van der Waals surface area contributed by atoms with E-state index in [1.807, 2.05) is 41.1 Å². The standard InChI is InChI=1S/C21H21BrN4O2/c1-28-17-10-6-15(7-11-17)19-13-18(14-4-8-16(22)9-5-14)23-21-24-20(3-2-12-27)25-26(19)21/h4-11,13,19,27H,2-3,12H2,1H3,(H,23,24,25). The van der Waals surface area contributed by atoms with Crippen LogP contribution in [0.25, 0.3) is 5.70 Å². The van der Waals surface area contributed by atoms with E-state index in [1.165, 1.54) is 0 Å². The summed E-state index contributed by atoms with van der Waals surface area (Å²) in [6, 6.07) is 16.1. The molecule has 1 aromatic heterocycles. The van der Waals surface area contributed by atoms with Crippen molar-refractivity contribution in [3.63, 3.8) is 0 Å². The third-order valence-electron chi connectivity index (χ3n) is 4.68. The Morgan fingerprint density at radius 1 is 1.14 bits per heavy atom. The molecule has 3 aromatic rings. The summed E-state index contributed by atoms with van der Waals surface area (Å²) >= 11 is 3.49. The molecule has 144 valence electrons. The highest BCUT2D eigenvalue weighted by Gasteiger charge is 2.25. The number of nitrogens with one attached hydrogen (secondary N) is 1. The van der Waals surface area contributed by atoms with Crippen molar-refractivity contribution in [2.24, 2.45) is 0 Å². The van der Waals surface area contributed by atoms with Gasteiger partial charge < -0.3 is 15.2 Å². The number of anilines is 1. The molecule has 1 unspecified atom stereocenters. The average molecular weight is 441 g/mol. The predicted octanol–water partition coefficient (Wildman–Crippen LogP) is 4.03. The highest BCUT2D eigenvalue weighted by Crippen LogP contribution is 2.33. The van der Waals surface area contributed by atoms with Crippen LogP contribution in [0.2, 0.25) is 0 Å². The van der Waals surface area contributed by atoms with Crippen LogP contribution in [0.15, 0.2) is 59.1 Å². The van der Waals surface area contributed by atoms with Gasteiger partial charge >= 0.3 is 0 Å². The summed E-state index contributed by atoms with van der Waals surface area (Å²) in [6.07, 6.45) is 3.44. The largest absolute Gasteiger partial charge is 0.497 e. The fraction of sp³-hybridized carbons (Fsp3) is 0.238. The monoisotopic (exact) mass is 440 g/mol. The number of aromatic nitrogens is 3. The summed E-state index contributed by atoms with van der Waals surface area (Å²) in [5.41, 5.74) is 3.16. The zero-order chi connectivity index (χ0) is 19.5. The van der Waals surface area contributed by atoms with E-state index in [0.29, 0.717) is 18.8 Å². The van der Waals surface area contributed by atoms with Crippen LogP contribution in [-0.4, -0.2) is 33.6 Å². The second-order valence-corrected chi connectivity index (χ2v) is 7.47. The van der Waals surface area contributed by atoms with Crippen LogP contribution in [0.3, 0.4) is 0 Å². The molecule has 4 rings (SSSR count). The lowest BCUT2D eigenvalue weighted by Crippen LogP contribution is -2.20. The molecule has 2 N–H and O–H groups in total. The van der Waals surface area contributed by atoms with E-state index in [0.717, 1.165) is 32.9 Å². The van der Waals surface area contributed by atoms with Gasteiger partial charge in [0.1, 0.15) is 11.8 Å². The summed E-state index contributed by atoms with van der Waals surface area (Å²) in [5.74, 6) is 2.24. The van der Waals surface area contributed by atoms with E-state index in [4.69, 9.17) is 9.84 Å². The molecule has 0 saturated heterocycles. The maximum absolute atomic E-state index is 9.12. The smallest absolute Gasteiger partial charge is 0.226 e. The fourth-order valence-electron chi connectivity index (χ4n) is 3.22. The maximum atomic E-state index is 9.12. The van der Waals surface area contributed by atoms with Gasteiger partial charge in [0.25, 0.3) is 0 Å². The van der Waals surface area contributed by atoms with E-state index >= 15 is 0 Å². The average Bonchev–Trinajstić information content (AvgIpc) is 3.15. The Morgan fingerprint density at radius 3 is 2.57 bits per heavy atom. The number of allylic oxidation sites excluding steroid dienone is 1. The SMILES string of the molecule is COc1ccc(C2C=C(c3ccc(Br)cc3)Nc3nc(CCCO)nn32)cc1. The Bertz CT molecular complexity index is 981. The molecular formula is C21H21BrN4O2. The van der Waals surface area contributed by atoms with Gasteiger partial charge in [0.05, 0.1) is 7.11 Å². The Balaban J connectivity index is 1.75. The summed E-state index contributed by atoms with van der Waals surface area (Å²) < 4.78 is 8.22. The molecule has 2 aromatic carbocycles. The topological polar surface area (TPSA) is 72.2 Å². The number of aliphatic hydroxyl groups excluding tert-OH is 1. The van der Waals surface area contributed by atoms with Gasteiger partial charge in [-0.3, -0.25) is 0 Å². The minimum atomic E-state index is -0.0869. The number of nitrogens with zero attached hydrogens (tertiary/aromatic N) is 3. The lowest BCUT2D eigenvalue weighted by molar-refractivity contribution is 0.287. The van der Waals surface area contributed by atoms with Gasteiger partial charge in [0.2, 0.25) is 5.95 Å². The van der Waals surface area contributed by atoms with Crippen molar-refractivity contribution in [2.45, 2.75) is 18.9 Å².